The summed E-state index contributed by atoms with van der Waals surface area (Å²) < 4.78 is 0. The van der Waals surface area contributed by atoms with Crippen molar-refractivity contribution >= 4 is 11.8 Å². The van der Waals surface area contributed by atoms with Crippen LogP contribution in [-0.2, 0) is 9.59 Å². The second kappa shape index (κ2) is 8.15. The number of rotatable bonds is 6. The van der Waals surface area contributed by atoms with Crippen LogP contribution in [0, 0.1) is 5.92 Å². The molecule has 1 saturated heterocycles. The lowest BCUT2D eigenvalue weighted by atomic mass is 9.96. The van der Waals surface area contributed by atoms with Gasteiger partial charge in [0.1, 0.15) is 0 Å². The number of carbonyl (C=O) groups excluding carboxylic acids is 2. The molecule has 1 aliphatic heterocycles. The molecular formula is C14H27N3O2. The summed E-state index contributed by atoms with van der Waals surface area (Å²) in [5.74, 6) is 0.695. The standard InChI is InChI=1S/C14H27N3O2/c1-3-4-13(15)9-14(19)17-7-5-12(6-8-17)10-16-11(2)18/h12-13H,3-10,15H2,1-2H3,(H,16,18). The van der Waals surface area contributed by atoms with E-state index in [9.17, 15) is 9.59 Å². The summed E-state index contributed by atoms with van der Waals surface area (Å²) in [7, 11) is 0. The molecule has 5 heteroatoms. The van der Waals surface area contributed by atoms with Crippen LogP contribution in [0.2, 0.25) is 0 Å². The number of piperidine rings is 1. The third-order valence-corrected chi connectivity index (χ3v) is 3.70. The molecule has 1 heterocycles. The molecule has 5 nitrogen and oxygen atoms in total. The smallest absolute Gasteiger partial charge is 0.224 e. The Morgan fingerprint density at radius 3 is 2.53 bits per heavy atom. The van der Waals surface area contributed by atoms with Crippen molar-refractivity contribution in [2.24, 2.45) is 11.7 Å². The predicted molar refractivity (Wildman–Crippen MR) is 75.5 cm³/mol. The van der Waals surface area contributed by atoms with Crippen molar-refractivity contribution in [3.05, 3.63) is 0 Å². The summed E-state index contributed by atoms with van der Waals surface area (Å²) in [4.78, 5) is 24.8. The van der Waals surface area contributed by atoms with Gasteiger partial charge < -0.3 is 16.0 Å². The van der Waals surface area contributed by atoms with E-state index in [1.165, 1.54) is 6.92 Å². The van der Waals surface area contributed by atoms with Gasteiger partial charge in [-0.15, -0.1) is 0 Å². The van der Waals surface area contributed by atoms with E-state index in [1.807, 2.05) is 4.90 Å². The normalized spacial score (nSPS) is 18.2. The van der Waals surface area contributed by atoms with E-state index < -0.39 is 0 Å². The molecule has 0 bridgehead atoms. The van der Waals surface area contributed by atoms with Gasteiger partial charge in [0.25, 0.3) is 0 Å². The van der Waals surface area contributed by atoms with Crippen molar-refractivity contribution in [1.82, 2.24) is 10.2 Å². The topological polar surface area (TPSA) is 75.4 Å². The number of hydrogen-bond donors (Lipinski definition) is 2. The Kier molecular flexibility index (Phi) is 6.84. The van der Waals surface area contributed by atoms with Crippen LogP contribution in [0.25, 0.3) is 0 Å². The molecule has 0 aliphatic carbocycles. The summed E-state index contributed by atoms with van der Waals surface area (Å²) in [6, 6.07) is -0.00500. The molecule has 110 valence electrons. The van der Waals surface area contributed by atoms with Gasteiger partial charge in [0.2, 0.25) is 11.8 Å². The van der Waals surface area contributed by atoms with Gasteiger partial charge in [0, 0.05) is 39.0 Å². The van der Waals surface area contributed by atoms with Gasteiger partial charge in [-0.1, -0.05) is 13.3 Å². The second-order valence-corrected chi connectivity index (χ2v) is 5.51. The van der Waals surface area contributed by atoms with E-state index in [0.717, 1.165) is 45.3 Å². The number of nitrogens with zero attached hydrogens (tertiary/aromatic N) is 1. The van der Waals surface area contributed by atoms with Gasteiger partial charge in [-0.2, -0.15) is 0 Å². The van der Waals surface area contributed by atoms with Crippen LogP contribution < -0.4 is 11.1 Å². The Morgan fingerprint density at radius 2 is 2.00 bits per heavy atom. The van der Waals surface area contributed by atoms with Crippen LogP contribution in [-0.4, -0.2) is 42.4 Å². The van der Waals surface area contributed by atoms with Crippen LogP contribution >= 0.6 is 0 Å². The lowest BCUT2D eigenvalue weighted by Crippen LogP contribution is -2.43. The zero-order valence-corrected chi connectivity index (χ0v) is 12.2. The highest BCUT2D eigenvalue weighted by atomic mass is 16.2. The highest BCUT2D eigenvalue weighted by Crippen LogP contribution is 2.17. The van der Waals surface area contributed by atoms with Gasteiger partial charge in [0.05, 0.1) is 0 Å². The molecule has 0 aromatic rings. The zero-order valence-electron chi connectivity index (χ0n) is 12.2. The van der Waals surface area contributed by atoms with E-state index in [4.69, 9.17) is 5.73 Å². The van der Waals surface area contributed by atoms with Crippen LogP contribution in [0.5, 0.6) is 0 Å². The van der Waals surface area contributed by atoms with Crippen LogP contribution in [0.15, 0.2) is 0 Å². The fourth-order valence-corrected chi connectivity index (χ4v) is 2.50. The molecule has 0 aromatic carbocycles. The quantitative estimate of drug-likeness (QED) is 0.751. The first kappa shape index (κ1) is 16.0. The highest BCUT2D eigenvalue weighted by Gasteiger charge is 2.23. The Bertz CT molecular complexity index is 299. The summed E-state index contributed by atoms with van der Waals surface area (Å²) in [6.07, 6.45) is 4.33. The molecule has 1 rings (SSSR count). The molecule has 1 unspecified atom stereocenters. The van der Waals surface area contributed by atoms with Crippen molar-refractivity contribution in [3.8, 4) is 0 Å². The monoisotopic (exact) mass is 269 g/mol. The fraction of sp³-hybridized carbons (Fsp3) is 0.857. The first-order valence-electron chi connectivity index (χ1n) is 7.30. The van der Waals surface area contributed by atoms with Crippen molar-refractivity contribution in [3.63, 3.8) is 0 Å². The molecule has 2 amide bonds. The zero-order chi connectivity index (χ0) is 14.3. The molecular weight excluding hydrogens is 242 g/mol. The molecule has 0 radical (unpaired) electrons. The Balaban J connectivity index is 2.25. The van der Waals surface area contributed by atoms with E-state index in [-0.39, 0.29) is 17.9 Å². The van der Waals surface area contributed by atoms with E-state index in [1.54, 1.807) is 0 Å². The number of nitrogens with two attached hydrogens (primary N) is 1. The molecule has 1 aliphatic rings. The summed E-state index contributed by atoms with van der Waals surface area (Å²) >= 11 is 0. The average molecular weight is 269 g/mol. The molecule has 0 spiro atoms. The predicted octanol–water partition coefficient (Wildman–Crippen LogP) is 0.879. The lowest BCUT2D eigenvalue weighted by molar-refractivity contribution is -0.133. The lowest BCUT2D eigenvalue weighted by Gasteiger charge is -2.32. The number of carbonyl (C=O) groups is 2. The van der Waals surface area contributed by atoms with Crippen molar-refractivity contribution < 1.29 is 9.59 Å². The van der Waals surface area contributed by atoms with Gasteiger partial charge in [0.15, 0.2) is 0 Å². The molecule has 19 heavy (non-hydrogen) atoms. The van der Waals surface area contributed by atoms with Crippen molar-refractivity contribution in [2.45, 2.75) is 52.0 Å². The Hall–Kier alpha value is -1.10. The highest BCUT2D eigenvalue weighted by molar-refractivity contribution is 5.77. The fourth-order valence-electron chi connectivity index (χ4n) is 2.50. The first-order chi connectivity index (χ1) is 9.02. The number of hydrogen-bond acceptors (Lipinski definition) is 3. The van der Waals surface area contributed by atoms with Crippen LogP contribution in [0.3, 0.4) is 0 Å². The van der Waals surface area contributed by atoms with Crippen molar-refractivity contribution in [2.75, 3.05) is 19.6 Å². The van der Waals surface area contributed by atoms with Gasteiger partial charge in [-0.05, 0) is 25.2 Å². The first-order valence-corrected chi connectivity index (χ1v) is 7.30. The molecule has 0 saturated carbocycles. The third kappa shape index (κ3) is 6.05. The Labute approximate surface area is 115 Å². The summed E-state index contributed by atoms with van der Waals surface area (Å²) in [5.41, 5.74) is 5.91. The third-order valence-electron chi connectivity index (χ3n) is 3.70. The van der Waals surface area contributed by atoms with Gasteiger partial charge in [-0.25, -0.2) is 0 Å². The molecule has 3 N–H and O–H groups in total. The minimum Gasteiger partial charge on any atom is -0.356 e. The maximum Gasteiger partial charge on any atom is 0.224 e. The summed E-state index contributed by atoms with van der Waals surface area (Å²) in [6.45, 7) is 5.93. The molecule has 0 aromatic heterocycles. The molecule has 1 fully saturated rings. The van der Waals surface area contributed by atoms with Crippen LogP contribution in [0.4, 0.5) is 0 Å². The van der Waals surface area contributed by atoms with Crippen LogP contribution in [0.1, 0.15) is 46.0 Å². The maximum absolute atomic E-state index is 12.0. The van der Waals surface area contributed by atoms with E-state index in [2.05, 4.69) is 12.2 Å². The minimum atomic E-state index is -0.00500. The average Bonchev–Trinajstić information content (AvgIpc) is 2.37. The summed E-state index contributed by atoms with van der Waals surface area (Å²) in [5, 5.41) is 2.85. The molecule has 1 atom stereocenters. The Morgan fingerprint density at radius 1 is 1.37 bits per heavy atom. The maximum atomic E-state index is 12.0. The second-order valence-electron chi connectivity index (χ2n) is 5.51. The van der Waals surface area contributed by atoms with Gasteiger partial charge >= 0.3 is 0 Å². The van der Waals surface area contributed by atoms with Crippen molar-refractivity contribution in [1.29, 1.82) is 0 Å². The van der Waals surface area contributed by atoms with E-state index in [0.29, 0.717) is 12.3 Å². The minimum absolute atomic E-state index is 0.00500. The number of amides is 2. The van der Waals surface area contributed by atoms with Gasteiger partial charge in [-0.3, -0.25) is 9.59 Å². The SMILES string of the molecule is CCCC(N)CC(=O)N1CCC(CNC(C)=O)CC1. The number of likely N-dealkylation sites (tertiary alicyclic amines) is 1. The largest absolute Gasteiger partial charge is 0.356 e. The van der Waals surface area contributed by atoms with E-state index >= 15 is 0 Å². The number of nitrogens with one attached hydrogen (secondary N) is 1.